The molecule has 1 fully saturated rings. The summed E-state index contributed by atoms with van der Waals surface area (Å²) in [5.41, 5.74) is 2.82. The molecule has 0 saturated carbocycles. The van der Waals surface area contributed by atoms with Crippen LogP contribution in [0.15, 0.2) is 58.3 Å². The van der Waals surface area contributed by atoms with Crippen molar-refractivity contribution in [1.29, 1.82) is 0 Å². The quantitative estimate of drug-likeness (QED) is 0.697. The molecular formula is C21H22N2O2S. The first kappa shape index (κ1) is 17.2. The molecule has 1 atom stereocenters. The summed E-state index contributed by atoms with van der Waals surface area (Å²) in [6.07, 6.45) is 2.22. The molecule has 1 amide bonds. The Morgan fingerprint density at radius 3 is 2.81 bits per heavy atom. The molecule has 4 nitrogen and oxygen atoms in total. The zero-order valence-electron chi connectivity index (χ0n) is 14.7. The third-order valence-electron chi connectivity index (χ3n) is 4.64. The van der Waals surface area contributed by atoms with Crippen molar-refractivity contribution < 1.29 is 9.53 Å². The fraction of sp³-hybridized carbons (Fsp3) is 0.286. The molecule has 2 aromatic carbocycles. The normalized spacial score (nSPS) is 16.9. The number of para-hydroxylation sites is 1. The van der Waals surface area contributed by atoms with E-state index in [4.69, 9.17) is 4.74 Å². The van der Waals surface area contributed by atoms with E-state index in [9.17, 15) is 4.79 Å². The maximum absolute atomic E-state index is 12.8. The molecule has 4 rings (SSSR count). The molecule has 1 aliphatic heterocycles. The van der Waals surface area contributed by atoms with Crippen molar-refractivity contribution in [3.63, 3.8) is 0 Å². The molecule has 0 aliphatic carbocycles. The van der Waals surface area contributed by atoms with Gasteiger partial charge in [-0.05, 0) is 38.0 Å². The summed E-state index contributed by atoms with van der Waals surface area (Å²) in [7, 11) is 0. The summed E-state index contributed by atoms with van der Waals surface area (Å²) in [5.74, 6) is -0.0775. The summed E-state index contributed by atoms with van der Waals surface area (Å²) in [6.45, 7) is 3.42. The number of carbonyl (C=O) groups is 1. The number of carbonyl (C=O) groups excluding carboxylic acids is 1. The molecule has 2 heterocycles. The van der Waals surface area contributed by atoms with E-state index in [1.165, 1.54) is 5.56 Å². The minimum atomic E-state index is -0.0775. The van der Waals surface area contributed by atoms with Crippen LogP contribution in [0.5, 0.6) is 0 Å². The van der Waals surface area contributed by atoms with Crippen LogP contribution in [-0.2, 0) is 4.74 Å². The number of nitrogens with one attached hydrogen (secondary N) is 2. The number of fused-ring (bicyclic) bond motifs is 1. The van der Waals surface area contributed by atoms with Gasteiger partial charge in [0.05, 0.1) is 11.0 Å². The molecule has 26 heavy (non-hydrogen) atoms. The number of H-pyrrole nitrogens is 1. The second-order valence-corrected chi connectivity index (χ2v) is 7.72. The van der Waals surface area contributed by atoms with Crippen molar-refractivity contribution in [3.8, 4) is 0 Å². The fourth-order valence-corrected chi connectivity index (χ4v) is 4.25. The zero-order chi connectivity index (χ0) is 17.9. The van der Waals surface area contributed by atoms with E-state index in [-0.39, 0.29) is 12.0 Å². The number of amides is 1. The lowest BCUT2D eigenvalue weighted by Gasteiger charge is -2.11. The number of aryl methyl sites for hydroxylation is 1. The number of ether oxygens (including phenoxy) is 1. The summed E-state index contributed by atoms with van der Waals surface area (Å²) in [5, 5.41) is 4.10. The number of rotatable bonds is 5. The smallest absolute Gasteiger partial charge is 0.269 e. The van der Waals surface area contributed by atoms with Gasteiger partial charge in [0.1, 0.15) is 5.69 Å². The van der Waals surface area contributed by atoms with Crippen molar-refractivity contribution in [3.05, 3.63) is 59.8 Å². The van der Waals surface area contributed by atoms with E-state index >= 15 is 0 Å². The second-order valence-electron chi connectivity index (χ2n) is 6.63. The zero-order valence-corrected chi connectivity index (χ0v) is 15.6. The maximum Gasteiger partial charge on any atom is 0.269 e. The van der Waals surface area contributed by atoms with Gasteiger partial charge in [0.2, 0.25) is 0 Å². The van der Waals surface area contributed by atoms with Crippen molar-refractivity contribution in [2.45, 2.75) is 35.7 Å². The van der Waals surface area contributed by atoms with E-state index < -0.39 is 0 Å². The minimum absolute atomic E-state index is 0.0775. The van der Waals surface area contributed by atoms with Crippen LogP contribution in [0.1, 0.15) is 28.9 Å². The Hall–Kier alpha value is -2.24. The van der Waals surface area contributed by atoms with Crippen molar-refractivity contribution in [1.82, 2.24) is 10.3 Å². The summed E-state index contributed by atoms with van der Waals surface area (Å²) in [6, 6.07) is 16.4. The first-order chi connectivity index (χ1) is 12.7. The number of benzene rings is 2. The average Bonchev–Trinajstić information content (AvgIpc) is 3.30. The predicted octanol–water partition coefficient (Wildman–Crippen LogP) is 4.54. The van der Waals surface area contributed by atoms with E-state index in [0.717, 1.165) is 40.1 Å². The van der Waals surface area contributed by atoms with E-state index in [2.05, 4.69) is 47.6 Å². The Labute approximate surface area is 157 Å². The molecule has 0 bridgehead atoms. The Kier molecular flexibility index (Phi) is 5.00. The highest BCUT2D eigenvalue weighted by Crippen LogP contribution is 2.36. The second kappa shape index (κ2) is 7.56. The van der Waals surface area contributed by atoms with Gasteiger partial charge in [-0.25, -0.2) is 0 Å². The number of hydrogen-bond donors (Lipinski definition) is 2. The van der Waals surface area contributed by atoms with Crippen LogP contribution >= 0.6 is 11.8 Å². The van der Waals surface area contributed by atoms with Crippen molar-refractivity contribution in [2.24, 2.45) is 0 Å². The van der Waals surface area contributed by atoms with Gasteiger partial charge in [0, 0.05) is 29.0 Å². The highest BCUT2D eigenvalue weighted by molar-refractivity contribution is 7.99. The Morgan fingerprint density at radius 2 is 2.04 bits per heavy atom. The molecule has 1 saturated heterocycles. The van der Waals surface area contributed by atoms with Gasteiger partial charge >= 0.3 is 0 Å². The largest absolute Gasteiger partial charge is 0.376 e. The molecule has 0 spiro atoms. The molecule has 3 aromatic rings. The Balaban J connectivity index is 1.62. The average molecular weight is 366 g/mol. The van der Waals surface area contributed by atoms with Gasteiger partial charge in [-0.1, -0.05) is 47.7 Å². The standard InChI is InChI=1S/C21H22N2O2S/c1-14-8-10-16(11-9-14)26-20-17-6-2-3-7-18(17)23-19(20)21(24)22-13-15-5-4-12-25-15/h2-3,6-11,15,23H,4-5,12-13H2,1H3,(H,22,24)/t15-/m0/s1. The molecule has 0 radical (unpaired) electrons. The summed E-state index contributed by atoms with van der Waals surface area (Å²) >= 11 is 1.62. The monoisotopic (exact) mass is 366 g/mol. The third-order valence-corrected chi connectivity index (χ3v) is 5.78. The van der Waals surface area contributed by atoms with Crippen LogP contribution < -0.4 is 5.32 Å². The van der Waals surface area contributed by atoms with Gasteiger partial charge in [0.15, 0.2) is 0 Å². The molecule has 1 aromatic heterocycles. The SMILES string of the molecule is Cc1ccc(Sc2c(C(=O)NC[C@@H]3CCCO3)[nH]c3ccccc23)cc1. The molecule has 0 unspecified atom stereocenters. The molecule has 2 N–H and O–H groups in total. The Bertz CT molecular complexity index is 911. The molecule has 134 valence electrons. The third kappa shape index (κ3) is 3.64. The van der Waals surface area contributed by atoms with Crippen LogP contribution in [0.25, 0.3) is 10.9 Å². The first-order valence-electron chi connectivity index (χ1n) is 8.96. The van der Waals surface area contributed by atoms with Gasteiger partial charge < -0.3 is 15.0 Å². The molecule has 1 aliphatic rings. The topological polar surface area (TPSA) is 54.1 Å². The first-order valence-corrected chi connectivity index (χ1v) is 9.77. The lowest BCUT2D eigenvalue weighted by Crippen LogP contribution is -2.32. The number of aromatic nitrogens is 1. The van der Waals surface area contributed by atoms with Crippen molar-refractivity contribution in [2.75, 3.05) is 13.2 Å². The highest BCUT2D eigenvalue weighted by Gasteiger charge is 2.21. The molecule has 5 heteroatoms. The summed E-state index contributed by atoms with van der Waals surface area (Å²) in [4.78, 5) is 18.2. The Morgan fingerprint density at radius 1 is 1.23 bits per heavy atom. The van der Waals surface area contributed by atoms with Crippen LogP contribution in [0.4, 0.5) is 0 Å². The highest BCUT2D eigenvalue weighted by atomic mass is 32.2. The number of aromatic amines is 1. The van der Waals surface area contributed by atoms with Crippen LogP contribution in [-0.4, -0.2) is 30.1 Å². The van der Waals surface area contributed by atoms with Crippen molar-refractivity contribution >= 4 is 28.6 Å². The van der Waals surface area contributed by atoms with E-state index in [0.29, 0.717) is 12.2 Å². The van der Waals surface area contributed by atoms with Gasteiger partial charge in [-0.15, -0.1) is 0 Å². The van der Waals surface area contributed by atoms with Crippen LogP contribution in [0, 0.1) is 6.92 Å². The van der Waals surface area contributed by atoms with Gasteiger partial charge in [0.25, 0.3) is 5.91 Å². The fourth-order valence-electron chi connectivity index (χ4n) is 3.21. The number of hydrogen-bond acceptors (Lipinski definition) is 3. The lowest BCUT2D eigenvalue weighted by atomic mass is 10.2. The van der Waals surface area contributed by atoms with E-state index in [1.54, 1.807) is 11.8 Å². The molecular weight excluding hydrogens is 344 g/mol. The van der Waals surface area contributed by atoms with Gasteiger partial charge in [-0.3, -0.25) is 4.79 Å². The van der Waals surface area contributed by atoms with Crippen LogP contribution in [0.3, 0.4) is 0 Å². The summed E-state index contributed by atoms with van der Waals surface area (Å²) < 4.78 is 5.61. The van der Waals surface area contributed by atoms with Crippen LogP contribution in [0.2, 0.25) is 0 Å². The predicted molar refractivity (Wildman–Crippen MR) is 105 cm³/mol. The lowest BCUT2D eigenvalue weighted by molar-refractivity contribution is 0.0852. The van der Waals surface area contributed by atoms with Gasteiger partial charge in [-0.2, -0.15) is 0 Å². The minimum Gasteiger partial charge on any atom is -0.376 e. The maximum atomic E-state index is 12.8. The van der Waals surface area contributed by atoms with E-state index in [1.807, 2.05) is 18.2 Å².